The fourth-order valence-corrected chi connectivity index (χ4v) is 3.52. The molecule has 0 saturated carbocycles. The third-order valence-electron chi connectivity index (χ3n) is 4.97. The van der Waals surface area contributed by atoms with Gasteiger partial charge in [0.05, 0.1) is 19.8 Å². The van der Waals surface area contributed by atoms with Crippen molar-refractivity contribution in [1.29, 1.82) is 0 Å². The summed E-state index contributed by atoms with van der Waals surface area (Å²) in [5.41, 5.74) is 6.11. The molecule has 0 amide bonds. The first-order valence-electron chi connectivity index (χ1n) is 9.32. The van der Waals surface area contributed by atoms with Gasteiger partial charge in [0.1, 0.15) is 5.75 Å². The highest BCUT2D eigenvalue weighted by molar-refractivity contribution is 5.63. The molecule has 0 saturated heterocycles. The van der Waals surface area contributed by atoms with Crippen molar-refractivity contribution in [2.45, 2.75) is 19.1 Å². The van der Waals surface area contributed by atoms with Crippen LogP contribution in [0.25, 0.3) is 11.1 Å². The van der Waals surface area contributed by atoms with Crippen LogP contribution in [-0.2, 0) is 17.7 Å². The van der Waals surface area contributed by atoms with Crippen LogP contribution in [0.1, 0.15) is 22.8 Å². The Morgan fingerprint density at radius 1 is 1.07 bits per heavy atom. The van der Waals surface area contributed by atoms with Crippen LogP contribution in [0.4, 0.5) is 0 Å². The Morgan fingerprint density at radius 2 is 1.93 bits per heavy atom. The highest BCUT2D eigenvalue weighted by Gasteiger charge is 2.19. The van der Waals surface area contributed by atoms with Gasteiger partial charge in [-0.3, -0.25) is 4.98 Å². The first-order valence-corrected chi connectivity index (χ1v) is 9.32. The zero-order chi connectivity index (χ0) is 18.5. The standard InChI is InChI=1S/C23H24N2O2/c1-26-21-8-6-18(7-9-21)20-12-17(13-24-15-20)14-25-16-23-22-5-3-2-4-19(22)10-11-27-23/h2-9,12-13,15,23,25H,10-11,14,16H2,1H3. The van der Waals surface area contributed by atoms with E-state index < -0.39 is 0 Å². The maximum atomic E-state index is 5.97. The number of ether oxygens (including phenoxy) is 2. The minimum absolute atomic E-state index is 0.118. The Bertz CT molecular complexity index is 893. The summed E-state index contributed by atoms with van der Waals surface area (Å²) >= 11 is 0. The van der Waals surface area contributed by atoms with E-state index in [1.54, 1.807) is 7.11 Å². The molecule has 1 aromatic heterocycles. The van der Waals surface area contributed by atoms with E-state index in [0.29, 0.717) is 0 Å². The molecule has 0 spiro atoms. The lowest BCUT2D eigenvalue weighted by Gasteiger charge is -2.26. The molecule has 27 heavy (non-hydrogen) atoms. The second kappa shape index (κ2) is 8.33. The van der Waals surface area contributed by atoms with Crippen molar-refractivity contribution in [3.8, 4) is 16.9 Å². The van der Waals surface area contributed by atoms with Gasteiger partial charge in [-0.25, -0.2) is 0 Å². The molecule has 4 heteroatoms. The van der Waals surface area contributed by atoms with Crippen molar-refractivity contribution in [3.63, 3.8) is 0 Å². The van der Waals surface area contributed by atoms with Gasteiger partial charge in [0, 0.05) is 31.0 Å². The number of pyridine rings is 1. The van der Waals surface area contributed by atoms with Gasteiger partial charge in [0.2, 0.25) is 0 Å². The highest BCUT2D eigenvalue weighted by Crippen LogP contribution is 2.26. The lowest BCUT2D eigenvalue weighted by molar-refractivity contribution is 0.0423. The first kappa shape index (κ1) is 17.7. The second-order valence-electron chi connectivity index (χ2n) is 6.75. The average Bonchev–Trinajstić information content (AvgIpc) is 2.74. The fraction of sp³-hybridized carbons (Fsp3) is 0.261. The van der Waals surface area contributed by atoms with Gasteiger partial charge < -0.3 is 14.8 Å². The van der Waals surface area contributed by atoms with E-state index in [9.17, 15) is 0 Å². The molecule has 1 atom stereocenters. The third-order valence-corrected chi connectivity index (χ3v) is 4.97. The Kier molecular flexibility index (Phi) is 5.47. The molecule has 1 aliphatic rings. The molecule has 0 fully saturated rings. The van der Waals surface area contributed by atoms with Gasteiger partial charge in [0.25, 0.3) is 0 Å². The first-order chi connectivity index (χ1) is 13.3. The molecule has 4 rings (SSSR count). The van der Waals surface area contributed by atoms with Gasteiger partial charge in [0.15, 0.2) is 0 Å². The van der Waals surface area contributed by atoms with Gasteiger partial charge in [-0.2, -0.15) is 0 Å². The van der Waals surface area contributed by atoms with Crippen LogP contribution in [0.2, 0.25) is 0 Å². The number of hydrogen-bond donors (Lipinski definition) is 1. The quantitative estimate of drug-likeness (QED) is 0.717. The summed E-state index contributed by atoms with van der Waals surface area (Å²) in [6, 6.07) is 18.8. The van der Waals surface area contributed by atoms with Crippen LogP contribution in [0, 0.1) is 0 Å². The number of rotatable bonds is 6. The van der Waals surface area contributed by atoms with Crippen molar-refractivity contribution in [2.75, 3.05) is 20.3 Å². The molecular formula is C23H24N2O2. The Labute approximate surface area is 160 Å². The molecule has 0 aliphatic carbocycles. The van der Waals surface area contributed by atoms with Crippen LogP contribution in [0.3, 0.4) is 0 Å². The minimum atomic E-state index is 0.118. The maximum Gasteiger partial charge on any atom is 0.118 e. The third kappa shape index (κ3) is 4.18. The normalized spacial score (nSPS) is 16.0. The van der Waals surface area contributed by atoms with E-state index in [1.807, 2.05) is 24.5 Å². The number of aromatic nitrogens is 1. The average molecular weight is 360 g/mol. The summed E-state index contributed by atoms with van der Waals surface area (Å²) in [6.07, 6.45) is 4.93. The number of nitrogens with zero attached hydrogens (tertiary/aromatic N) is 1. The summed E-state index contributed by atoms with van der Waals surface area (Å²) in [5.74, 6) is 0.859. The van der Waals surface area contributed by atoms with Crippen molar-refractivity contribution in [1.82, 2.24) is 10.3 Å². The van der Waals surface area contributed by atoms with Crippen molar-refractivity contribution < 1.29 is 9.47 Å². The topological polar surface area (TPSA) is 43.4 Å². The summed E-state index contributed by atoms with van der Waals surface area (Å²) in [6.45, 7) is 2.35. The SMILES string of the molecule is COc1ccc(-c2cncc(CNCC3OCCc4ccccc43)c2)cc1. The molecule has 2 heterocycles. The van der Waals surface area contributed by atoms with E-state index in [1.165, 1.54) is 11.1 Å². The molecule has 1 unspecified atom stereocenters. The van der Waals surface area contributed by atoms with E-state index in [4.69, 9.17) is 9.47 Å². The summed E-state index contributed by atoms with van der Waals surface area (Å²) in [5, 5.41) is 3.52. The smallest absolute Gasteiger partial charge is 0.118 e. The minimum Gasteiger partial charge on any atom is -0.497 e. The maximum absolute atomic E-state index is 5.97. The molecule has 138 valence electrons. The molecule has 1 aliphatic heterocycles. The van der Waals surface area contributed by atoms with Gasteiger partial charge in [-0.1, -0.05) is 36.4 Å². The van der Waals surface area contributed by atoms with Crippen LogP contribution >= 0.6 is 0 Å². The highest BCUT2D eigenvalue weighted by atomic mass is 16.5. The zero-order valence-corrected chi connectivity index (χ0v) is 15.5. The lowest BCUT2D eigenvalue weighted by Crippen LogP contribution is -2.27. The number of nitrogens with one attached hydrogen (secondary N) is 1. The molecule has 3 aromatic rings. The second-order valence-corrected chi connectivity index (χ2v) is 6.75. The molecule has 4 nitrogen and oxygen atoms in total. The van der Waals surface area contributed by atoms with Crippen LogP contribution in [0.5, 0.6) is 5.75 Å². The number of hydrogen-bond acceptors (Lipinski definition) is 4. The van der Waals surface area contributed by atoms with Crippen LogP contribution < -0.4 is 10.1 Å². The predicted molar refractivity (Wildman–Crippen MR) is 107 cm³/mol. The number of methoxy groups -OCH3 is 1. The van der Waals surface area contributed by atoms with E-state index >= 15 is 0 Å². The van der Waals surface area contributed by atoms with Crippen LogP contribution in [-0.4, -0.2) is 25.2 Å². The molecule has 0 radical (unpaired) electrons. The van der Waals surface area contributed by atoms with Crippen molar-refractivity contribution >= 4 is 0 Å². The Balaban J connectivity index is 1.39. The molecule has 2 aromatic carbocycles. The summed E-state index contributed by atoms with van der Waals surface area (Å²) in [4.78, 5) is 4.40. The largest absolute Gasteiger partial charge is 0.497 e. The van der Waals surface area contributed by atoms with Gasteiger partial charge in [-0.05, 0) is 46.9 Å². The lowest BCUT2D eigenvalue weighted by atomic mass is 9.97. The fourth-order valence-electron chi connectivity index (χ4n) is 3.52. The molecule has 0 bridgehead atoms. The monoisotopic (exact) mass is 360 g/mol. The van der Waals surface area contributed by atoms with E-state index in [0.717, 1.165) is 48.6 Å². The van der Waals surface area contributed by atoms with Crippen molar-refractivity contribution in [3.05, 3.63) is 83.7 Å². The Morgan fingerprint density at radius 3 is 2.78 bits per heavy atom. The van der Waals surface area contributed by atoms with E-state index in [-0.39, 0.29) is 6.10 Å². The molecule has 1 N–H and O–H groups in total. The summed E-state index contributed by atoms with van der Waals surface area (Å²) in [7, 11) is 1.68. The summed E-state index contributed by atoms with van der Waals surface area (Å²) < 4.78 is 11.2. The van der Waals surface area contributed by atoms with Gasteiger partial charge in [-0.15, -0.1) is 0 Å². The predicted octanol–water partition coefficient (Wildman–Crippen LogP) is 4.16. The van der Waals surface area contributed by atoms with Crippen LogP contribution in [0.15, 0.2) is 67.0 Å². The number of benzene rings is 2. The number of fused-ring (bicyclic) bond motifs is 1. The van der Waals surface area contributed by atoms with E-state index in [2.05, 4.69) is 52.8 Å². The molecular weight excluding hydrogens is 336 g/mol. The Hall–Kier alpha value is -2.69. The van der Waals surface area contributed by atoms with Gasteiger partial charge >= 0.3 is 0 Å². The van der Waals surface area contributed by atoms with Crippen molar-refractivity contribution in [2.24, 2.45) is 0 Å². The zero-order valence-electron chi connectivity index (χ0n) is 15.5.